The molecule has 1 atom stereocenters. The maximum atomic E-state index is 13.5. The fourth-order valence-electron chi connectivity index (χ4n) is 4.55. The number of nitrogens with zero attached hydrogens (tertiary/aromatic N) is 6. The lowest BCUT2D eigenvalue weighted by molar-refractivity contribution is 0.0740. The molecule has 1 aliphatic heterocycles. The Labute approximate surface area is 193 Å². The van der Waals surface area contributed by atoms with E-state index >= 15 is 0 Å². The first kappa shape index (κ1) is 21.2. The summed E-state index contributed by atoms with van der Waals surface area (Å²) in [5, 5.41) is 1.15. The van der Waals surface area contributed by atoms with E-state index in [9.17, 15) is 4.79 Å². The molecule has 0 bridgehead atoms. The molecular formula is C26H26N6O. The fourth-order valence-corrected chi connectivity index (χ4v) is 4.55. The van der Waals surface area contributed by atoms with Crippen molar-refractivity contribution in [2.24, 2.45) is 5.92 Å². The number of aromatic nitrogens is 4. The number of carbonyl (C=O) groups excluding carboxylic acids is 1. The third-order valence-corrected chi connectivity index (χ3v) is 6.14. The predicted molar refractivity (Wildman–Crippen MR) is 128 cm³/mol. The molecule has 7 nitrogen and oxygen atoms in total. The molecule has 5 rings (SSSR count). The van der Waals surface area contributed by atoms with Crippen LogP contribution in [-0.4, -0.2) is 68.9 Å². The topological polar surface area (TPSA) is 75.1 Å². The number of para-hydroxylation sites is 1. The van der Waals surface area contributed by atoms with Gasteiger partial charge in [-0.15, -0.1) is 0 Å². The van der Waals surface area contributed by atoms with E-state index < -0.39 is 0 Å². The van der Waals surface area contributed by atoms with Crippen LogP contribution >= 0.6 is 0 Å². The quantitative estimate of drug-likeness (QED) is 0.487. The van der Waals surface area contributed by atoms with Gasteiger partial charge in [0.1, 0.15) is 12.0 Å². The van der Waals surface area contributed by atoms with Crippen LogP contribution in [0.2, 0.25) is 0 Å². The van der Waals surface area contributed by atoms with Gasteiger partial charge in [-0.3, -0.25) is 9.78 Å². The summed E-state index contributed by atoms with van der Waals surface area (Å²) in [5.41, 5.74) is 4.22. The summed E-state index contributed by atoms with van der Waals surface area (Å²) in [5.74, 6) is 0.268. The molecule has 1 amide bonds. The third-order valence-electron chi connectivity index (χ3n) is 6.14. The van der Waals surface area contributed by atoms with Crippen molar-refractivity contribution in [3.8, 4) is 11.3 Å². The van der Waals surface area contributed by atoms with Gasteiger partial charge >= 0.3 is 0 Å². The van der Waals surface area contributed by atoms with Gasteiger partial charge in [-0.25, -0.2) is 15.0 Å². The Bertz CT molecular complexity index is 1260. The van der Waals surface area contributed by atoms with E-state index in [0.717, 1.165) is 36.0 Å². The molecule has 1 unspecified atom stereocenters. The average molecular weight is 439 g/mol. The SMILES string of the molecule is CN1CCN(C(=O)c2cccc(-c3cncnc3)n2)CC(Cc2cccc3cccnc23)C1. The number of carbonyl (C=O) groups is 1. The molecule has 1 fully saturated rings. The van der Waals surface area contributed by atoms with Crippen molar-refractivity contribution in [3.05, 3.63) is 84.7 Å². The molecule has 0 saturated carbocycles. The van der Waals surface area contributed by atoms with Crippen LogP contribution in [0.3, 0.4) is 0 Å². The lowest BCUT2D eigenvalue weighted by Crippen LogP contribution is -2.37. The molecule has 0 radical (unpaired) electrons. The molecule has 0 N–H and O–H groups in total. The van der Waals surface area contributed by atoms with E-state index in [1.807, 2.05) is 29.3 Å². The zero-order valence-corrected chi connectivity index (χ0v) is 18.6. The molecule has 0 aliphatic carbocycles. The van der Waals surface area contributed by atoms with Gasteiger partial charge in [-0.2, -0.15) is 0 Å². The molecule has 4 heterocycles. The van der Waals surface area contributed by atoms with E-state index in [1.54, 1.807) is 18.5 Å². The summed E-state index contributed by atoms with van der Waals surface area (Å²) in [7, 11) is 2.12. The number of benzene rings is 1. The molecule has 0 spiro atoms. The van der Waals surface area contributed by atoms with Gasteiger partial charge in [-0.1, -0.05) is 30.3 Å². The van der Waals surface area contributed by atoms with Crippen molar-refractivity contribution in [2.75, 3.05) is 33.2 Å². The van der Waals surface area contributed by atoms with E-state index in [4.69, 9.17) is 0 Å². The van der Waals surface area contributed by atoms with Crippen molar-refractivity contribution in [1.82, 2.24) is 29.7 Å². The number of hydrogen-bond donors (Lipinski definition) is 0. The van der Waals surface area contributed by atoms with Crippen LogP contribution in [0.25, 0.3) is 22.2 Å². The van der Waals surface area contributed by atoms with Crippen molar-refractivity contribution in [1.29, 1.82) is 0 Å². The second-order valence-corrected chi connectivity index (χ2v) is 8.61. The third kappa shape index (κ3) is 4.73. The Morgan fingerprint density at radius 3 is 2.70 bits per heavy atom. The highest BCUT2D eigenvalue weighted by molar-refractivity contribution is 5.93. The highest BCUT2D eigenvalue weighted by Gasteiger charge is 2.26. The first-order valence-electron chi connectivity index (χ1n) is 11.2. The van der Waals surface area contributed by atoms with Crippen LogP contribution in [0.1, 0.15) is 16.1 Å². The highest BCUT2D eigenvalue weighted by atomic mass is 16.2. The number of pyridine rings is 2. The minimum atomic E-state index is -0.0370. The monoisotopic (exact) mass is 438 g/mol. The van der Waals surface area contributed by atoms with Gasteiger partial charge in [0.2, 0.25) is 0 Å². The van der Waals surface area contributed by atoms with Crippen LogP contribution in [0.15, 0.2) is 73.4 Å². The Morgan fingerprint density at radius 1 is 1.00 bits per heavy atom. The molecule has 1 aromatic carbocycles. The molecule has 33 heavy (non-hydrogen) atoms. The normalized spacial score (nSPS) is 17.1. The van der Waals surface area contributed by atoms with Crippen LogP contribution < -0.4 is 0 Å². The largest absolute Gasteiger partial charge is 0.336 e. The number of amides is 1. The second kappa shape index (κ2) is 9.42. The molecule has 7 heteroatoms. The lowest BCUT2D eigenvalue weighted by Gasteiger charge is -2.24. The Morgan fingerprint density at radius 2 is 1.82 bits per heavy atom. The van der Waals surface area contributed by atoms with Gasteiger partial charge in [0.05, 0.1) is 11.2 Å². The van der Waals surface area contributed by atoms with Crippen LogP contribution in [0.5, 0.6) is 0 Å². The van der Waals surface area contributed by atoms with Crippen LogP contribution in [-0.2, 0) is 6.42 Å². The summed E-state index contributed by atoms with van der Waals surface area (Å²) in [6.07, 6.45) is 7.61. The standard InChI is InChI=1S/C26H26N6O/c1-31-11-12-32(26(33)24-9-3-8-23(30-24)22-14-27-18-28-15-22)17-19(16-31)13-21-6-2-5-20-7-4-10-29-25(20)21/h2-10,14-15,18-19H,11-13,16-17H2,1H3. The number of likely N-dealkylation sites (N-methyl/N-ethyl adjacent to an activating group) is 1. The van der Waals surface area contributed by atoms with Gasteiger partial charge in [-0.05, 0) is 43.1 Å². The molecule has 166 valence electrons. The zero-order chi connectivity index (χ0) is 22.6. The molecule has 4 aromatic rings. The summed E-state index contributed by atoms with van der Waals surface area (Å²) in [6, 6.07) is 15.9. The summed E-state index contributed by atoms with van der Waals surface area (Å²) < 4.78 is 0. The minimum absolute atomic E-state index is 0.0370. The number of hydrogen-bond acceptors (Lipinski definition) is 6. The average Bonchev–Trinajstić information content (AvgIpc) is 3.05. The van der Waals surface area contributed by atoms with E-state index in [-0.39, 0.29) is 5.91 Å². The van der Waals surface area contributed by atoms with Crippen molar-refractivity contribution in [2.45, 2.75) is 6.42 Å². The highest BCUT2D eigenvalue weighted by Crippen LogP contribution is 2.22. The van der Waals surface area contributed by atoms with Crippen molar-refractivity contribution in [3.63, 3.8) is 0 Å². The van der Waals surface area contributed by atoms with Crippen molar-refractivity contribution >= 4 is 16.8 Å². The molecule has 1 saturated heterocycles. The van der Waals surface area contributed by atoms with E-state index in [1.165, 1.54) is 11.9 Å². The van der Waals surface area contributed by atoms with Gasteiger partial charge in [0.25, 0.3) is 5.91 Å². The first-order chi connectivity index (χ1) is 16.2. The Balaban J connectivity index is 1.38. The van der Waals surface area contributed by atoms with E-state index in [0.29, 0.717) is 30.4 Å². The van der Waals surface area contributed by atoms with E-state index in [2.05, 4.69) is 56.1 Å². The lowest BCUT2D eigenvalue weighted by atomic mass is 9.96. The number of rotatable bonds is 4. The molecule has 1 aliphatic rings. The Kier molecular flexibility index (Phi) is 6.04. The van der Waals surface area contributed by atoms with Crippen LogP contribution in [0.4, 0.5) is 0 Å². The smallest absolute Gasteiger partial charge is 0.272 e. The molecular weight excluding hydrogens is 412 g/mol. The fraction of sp³-hybridized carbons (Fsp3) is 0.269. The first-order valence-corrected chi connectivity index (χ1v) is 11.2. The molecule has 3 aromatic heterocycles. The summed E-state index contributed by atoms with van der Waals surface area (Å²) in [6.45, 7) is 3.14. The van der Waals surface area contributed by atoms with Gasteiger partial charge in [0, 0.05) is 55.7 Å². The van der Waals surface area contributed by atoms with Crippen molar-refractivity contribution < 1.29 is 4.79 Å². The van der Waals surface area contributed by atoms with Gasteiger partial charge < -0.3 is 9.80 Å². The predicted octanol–water partition coefficient (Wildman–Crippen LogP) is 3.33. The summed E-state index contributed by atoms with van der Waals surface area (Å²) >= 11 is 0. The minimum Gasteiger partial charge on any atom is -0.336 e. The van der Waals surface area contributed by atoms with Crippen LogP contribution in [0, 0.1) is 5.92 Å². The number of fused-ring (bicyclic) bond motifs is 1. The van der Waals surface area contributed by atoms with Gasteiger partial charge in [0.15, 0.2) is 0 Å². The summed E-state index contributed by atoms with van der Waals surface area (Å²) in [4.78, 5) is 35.1. The second-order valence-electron chi connectivity index (χ2n) is 8.61. The Hall–Kier alpha value is -3.71. The maximum absolute atomic E-state index is 13.5. The zero-order valence-electron chi connectivity index (χ0n) is 18.6. The maximum Gasteiger partial charge on any atom is 0.272 e.